The Morgan fingerprint density at radius 3 is 1.64 bits per heavy atom. The highest BCUT2D eigenvalue weighted by molar-refractivity contribution is 7.75. The molecule has 0 aliphatic rings. The summed E-state index contributed by atoms with van der Waals surface area (Å²) in [5.41, 5.74) is 0. The molecule has 0 aliphatic heterocycles. The maximum atomic E-state index is 12.4. The molecule has 0 radical (unpaired) electrons. The highest BCUT2D eigenvalue weighted by atomic mass is 31.2. The van der Waals surface area contributed by atoms with Gasteiger partial charge in [-0.2, -0.15) is 0 Å². The monoisotopic (exact) mass is 494 g/mol. The number of likely N-dealkylation sites (N-methyl/N-ethyl adjacent to an activating group) is 1. The number of nitrogens with zero attached hydrogens (tertiary/aromatic N) is 1. The largest absolute Gasteiger partial charge is 0.394 e. The lowest BCUT2D eigenvalue weighted by molar-refractivity contribution is -0.138. The first kappa shape index (κ1) is 32.7. The molecule has 0 aromatic rings. The van der Waals surface area contributed by atoms with Crippen LogP contribution in [0.3, 0.4) is 0 Å². The van der Waals surface area contributed by atoms with E-state index in [0.29, 0.717) is 6.42 Å². The van der Waals surface area contributed by atoms with E-state index in [1.165, 1.54) is 74.5 Å². The van der Waals surface area contributed by atoms with Crippen molar-refractivity contribution in [3.05, 3.63) is 0 Å². The smallest absolute Gasteiger partial charge is 0.222 e. The first-order valence-electron chi connectivity index (χ1n) is 13.1. The molecule has 0 aliphatic carbocycles. The Bertz CT molecular complexity index is 474. The number of carbonyl (C=O) groups is 1. The molecule has 0 aromatic heterocycles. The van der Waals surface area contributed by atoms with Crippen LogP contribution in [0.25, 0.3) is 0 Å². The molecule has 7 nitrogen and oxygen atoms in total. The molecule has 4 atom stereocenters. The fraction of sp³-hybridized carbons (Fsp3) is 0.960. The Balaban J connectivity index is 4.53. The molecule has 8 heteroatoms. The van der Waals surface area contributed by atoms with E-state index in [1.54, 1.807) is 7.05 Å². The maximum Gasteiger partial charge on any atom is 0.222 e. The van der Waals surface area contributed by atoms with Crippen LogP contribution in [0.5, 0.6) is 0 Å². The van der Waals surface area contributed by atoms with Gasteiger partial charge in [0.05, 0.1) is 31.3 Å². The van der Waals surface area contributed by atoms with E-state index in [0.717, 1.165) is 12.8 Å². The summed E-state index contributed by atoms with van der Waals surface area (Å²) in [6, 6.07) is 0. The highest BCUT2D eigenvalue weighted by Gasteiger charge is 2.34. The van der Waals surface area contributed by atoms with Crippen molar-refractivity contribution in [1.29, 1.82) is 0 Å². The number of unbranched alkanes of at least 4 members (excludes halogenated alkanes) is 5. The van der Waals surface area contributed by atoms with E-state index in [1.807, 2.05) is 0 Å². The Labute approximate surface area is 202 Å². The molecule has 33 heavy (non-hydrogen) atoms. The molecule has 0 rings (SSSR count). The first-order chi connectivity index (χ1) is 15.7. The molecule has 0 bridgehead atoms. The molecule has 0 unspecified atom stereocenters. The minimum atomic E-state index is -1.68. The van der Waals surface area contributed by atoms with Gasteiger partial charge >= 0.3 is 0 Å². The molecule has 0 saturated heterocycles. The summed E-state index contributed by atoms with van der Waals surface area (Å²) in [5.74, 6) is -0.109. The minimum Gasteiger partial charge on any atom is -0.394 e. The van der Waals surface area contributed by atoms with Crippen LogP contribution in [0.4, 0.5) is 0 Å². The van der Waals surface area contributed by atoms with E-state index >= 15 is 0 Å². The summed E-state index contributed by atoms with van der Waals surface area (Å²) >= 11 is 0. The van der Waals surface area contributed by atoms with Gasteiger partial charge in [0.2, 0.25) is 5.91 Å². The first-order valence-corrected chi connectivity index (χ1v) is 15.6. The second-order valence-electron chi connectivity index (χ2n) is 9.68. The van der Waals surface area contributed by atoms with Gasteiger partial charge in [0.15, 0.2) is 0 Å². The molecule has 0 aromatic carbocycles. The SMILES string of the molecule is CCCC[P+](CCCC)(CCCC)CCCCCC(=O)N(C)C[C@H](O)[C@@H](O)[C@H](O)[C@H](O)CO. The van der Waals surface area contributed by atoms with Gasteiger partial charge in [0.1, 0.15) is 24.4 Å². The van der Waals surface area contributed by atoms with Crippen LogP contribution in [-0.2, 0) is 4.79 Å². The third-order valence-corrected chi connectivity index (χ3v) is 11.8. The van der Waals surface area contributed by atoms with Crippen LogP contribution >= 0.6 is 7.26 Å². The zero-order valence-electron chi connectivity index (χ0n) is 21.7. The van der Waals surface area contributed by atoms with E-state index in [9.17, 15) is 25.2 Å². The van der Waals surface area contributed by atoms with E-state index in [-0.39, 0.29) is 12.5 Å². The van der Waals surface area contributed by atoms with E-state index in [2.05, 4.69) is 20.8 Å². The van der Waals surface area contributed by atoms with Crippen LogP contribution in [0.2, 0.25) is 0 Å². The van der Waals surface area contributed by atoms with Gasteiger partial charge in [0, 0.05) is 27.3 Å². The molecule has 0 spiro atoms. The van der Waals surface area contributed by atoms with Crippen molar-refractivity contribution < 1.29 is 30.3 Å². The topological polar surface area (TPSA) is 121 Å². The second-order valence-corrected chi connectivity index (χ2v) is 14.2. The van der Waals surface area contributed by atoms with Gasteiger partial charge in [0.25, 0.3) is 0 Å². The fourth-order valence-corrected chi connectivity index (χ4v) is 9.49. The molecule has 1 amide bonds. The second kappa shape index (κ2) is 19.0. The van der Waals surface area contributed by atoms with Gasteiger partial charge in [-0.05, 0) is 38.5 Å². The molecule has 5 N–H and O–H groups in total. The van der Waals surface area contributed by atoms with Crippen LogP contribution in [0, 0.1) is 0 Å². The lowest BCUT2D eigenvalue weighted by Gasteiger charge is -2.29. The van der Waals surface area contributed by atoms with Gasteiger partial charge < -0.3 is 30.4 Å². The number of aliphatic hydroxyl groups is 5. The van der Waals surface area contributed by atoms with Crippen molar-refractivity contribution in [2.75, 3.05) is 44.8 Å². The number of hydrogen-bond acceptors (Lipinski definition) is 6. The van der Waals surface area contributed by atoms with Crippen molar-refractivity contribution >= 4 is 13.2 Å². The van der Waals surface area contributed by atoms with Crippen molar-refractivity contribution in [2.45, 2.75) is 109 Å². The Kier molecular flexibility index (Phi) is 18.8. The zero-order valence-corrected chi connectivity index (χ0v) is 22.6. The Hall–Kier alpha value is -0.300. The van der Waals surface area contributed by atoms with Crippen LogP contribution in [0.15, 0.2) is 0 Å². The van der Waals surface area contributed by atoms with Crippen molar-refractivity contribution in [1.82, 2.24) is 4.90 Å². The average Bonchev–Trinajstić information content (AvgIpc) is 2.82. The number of amides is 1. The highest BCUT2D eigenvalue weighted by Crippen LogP contribution is 2.61. The van der Waals surface area contributed by atoms with Crippen LogP contribution in [0.1, 0.15) is 85.0 Å². The quantitative estimate of drug-likeness (QED) is 0.124. The third-order valence-electron chi connectivity index (χ3n) is 6.69. The predicted octanol–water partition coefficient (Wildman–Crippen LogP) is 2.86. The molecule has 198 valence electrons. The lowest BCUT2D eigenvalue weighted by atomic mass is 10.0. The molecule has 0 heterocycles. The minimum absolute atomic E-state index is 0.109. The fourth-order valence-electron chi connectivity index (χ4n) is 4.30. The van der Waals surface area contributed by atoms with Gasteiger partial charge in [-0.1, -0.05) is 40.0 Å². The lowest BCUT2D eigenvalue weighted by Crippen LogP contribution is -2.49. The summed E-state index contributed by atoms with van der Waals surface area (Å²) < 4.78 is 0. The van der Waals surface area contributed by atoms with Crippen molar-refractivity contribution in [2.24, 2.45) is 0 Å². The number of rotatable bonds is 21. The molecular formula is C25H53NO6P+. The van der Waals surface area contributed by atoms with Crippen molar-refractivity contribution in [3.63, 3.8) is 0 Å². The van der Waals surface area contributed by atoms with E-state index in [4.69, 9.17) is 5.11 Å². The summed E-state index contributed by atoms with van der Waals surface area (Å²) in [5, 5.41) is 48.0. The van der Waals surface area contributed by atoms with Crippen molar-refractivity contribution in [3.8, 4) is 0 Å². The number of hydrogen-bond donors (Lipinski definition) is 5. The maximum absolute atomic E-state index is 12.4. The van der Waals surface area contributed by atoms with E-state index < -0.39 is 38.3 Å². The molecule has 0 saturated carbocycles. The van der Waals surface area contributed by atoms with Crippen LogP contribution in [-0.4, -0.2) is 106 Å². The summed E-state index contributed by atoms with van der Waals surface area (Å²) in [6.07, 6.45) is 10.5. The zero-order chi connectivity index (χ0) is 25.3. The predicted molar refractivity (Wildman–Crippen MR) is 138 cm³/mol. The Morgan fingerprint density at radius 2 is 1.18 bits per heavy atom. The molecule has 0 fully saturated rings. The third kappa shape index (κ3) is 13.4. The van der Waals surface area contributed by atoms with Gasteiger partial charge in [-0.3, -0.25) is 4.79 Å². The Morgan fingerprint density at radius 1 is 0.727 bits per heavy atom. The average molecular weight is 495 g/mol. The summed E-state index contributed by atoms with van der Waals surface area (Å²) in [4.78, 5) is 13.8. The van der Waals surface area contributed by atoms with Gasteiger partial charge in [-0.15, -0.1) is 0 Å². The normalized spacial score (nSPS) is 15.8. The summed E-state index contributed by atoms with van der Waals surface area (Å²) in [7, 11) is 0.662. The summed E-state index contributed by atoms with van der Waals surface area (Å²) in [6.45, 7) is 5.97. The van der Waals surface area contributed by atoms with Gasteiger partial charge in [-0.25, -0.2) is 0 Å². The number of carbonyl (C=O) groups excluding carboxylic acids is 1. The molecular weight excluding hydrogens is 441 g/mol. The number of aliphatic hydroxyl groups excluding tert-OH is 5. The van der Waals surface area contributed by atoms with Crippen LogP contribution < -0.4 is 0 Å². The standard InChI is InChI=1S/C25H53NO6P/c1-5-8-15-33(16-9-6-2,17-10-7-3)18-13-11-12-14-23(30)26(4)19-21(28)24(31)25(32)22(29)20-27/h21-22,24-25,27-29,31-32H,5-20H2,1-4H3/q+1/t21-,22+,24+,25+/m0/s1.